The van der Waals surface area contributed by atoms with Gasteiger partial charge in [-0.15, -0.1) is 0 Å². The van der Waals surface area contributed by atoms with Crippen LogP contribution in [0.4, 0.5) is 5.69 Å². The van der Waals surface area contributed by atoms with Crippen molar-refractivity contribution in [3.8, 4) is 11.1 Å². The second-order valence-electron chi connectivity index (χ2n) is 7.80. The molecule has 0 aliphatic heterocycles. The molecule has 166 valence electrons. The van der Waals surface area contributed by atoms with Crippen molar-refractivity contribution in [1.82, 2.24) is 20.6 Å². The molecule has 0 saturated heterocycles. The molecule has 2 N–H and O–H groups in total. The third-order valence-electron chi connectivity index (χ3n) is 5.25. The van der Waals surface area contributed by atoms with Crippen LogP contribution in [0.3, 0.4) is 0 Å². The van der Waals surface area contributed by atoms with Crippen LogP contribution in [0.15, 0.2) is 91.3 Å². The molecule has 1 heterocycles. The molecule has 1 aromatic heterocycles. The highest BCUT2D eigenvalue weighted by atomic mass is 16.2. The Hall–Kier alpha value is -4.39. The number of nitrogens with zero attached hydrogens (tertiary/aromatic N) is 3. The molecule has 3 aromatic carbocycles. The number of anilines is 1. The first-order chi connectivity index (χ1) is 16.0. The number of rotatable bonds is 6. The van der Waals surface area contributed by atoms with Gasteiger partial charge in [0, 0.05) is 43.3 Å². The van der Waals surface area contributed by atoms with Crippen LogP contribution in [-0.4, -0.2) is 35.7 Å². The smallest absolute Gasteiger partial charge is 0.270 e. The van der Waals surface area contributed by atoms with E-state index in [1.165, 1.54) is 0 Å². The first-order valence-electron chi connectivity index (χ1n) is 10.5. The molecular weight excluding hydrogens is 414 g/mol. The summed E-state index contributed by atoms with van der Waals surface area (Å²) in [6.45, 7) is 0.677. The Morgan fingerprint density at radius 1 is 0.879 bits per heavy atom. The summed E-state index contributed by atoms with van der Waals surface area (Å²) in [7, 11) is 3.80. The number of hydrogen-bond donors (Lipinski definition) is 2. The van der Waals surface area contributed by atoms with Gasteiger partial charge in [0.05, 0.1) is 6.54 Å². The van der Waals surface area contributed by atoms with Gasteiger partial charge in [0.1, 0.15) is 0 Å². The minimum absolute atomic E-state index is 0.382. The topological polar surface area (TPSA) is 79.3 Å². The number of hydrazine groups is 1. The van der Waals surface area contributed by atoms with Crippen LogP contribution in [0.25, 0.3) is 11.1 Å². The highest BCUT2D eigenvalue weighted by Crippen LogP contribution is 2.24. The summed E-state index contributed by atoms with van der Waals surface area (Å²) in [6.07, 6.45) is 3.67. The lowest BCUT2D eigenvalue weighted by Crippen LogP contribution is -2.41. The Kier molecular flexibility index (Phi) is 6.50. The van der Waals surface area contributed by atoms with Crippen molar-refractivity contribution >= 4 is 17.5 Å². The Labute approximate surface area is 192 Å². The molecule has 0 aliphatic carbocycles. The number of carbonyl (C=O) groups is 2. The molecule has 2 amide bonds. The molecule has 0 fully saturated rings. The molecule has 0 aliphatic rings. The molecule has 4 aromatic rings. The lowest BCUT2D eigenvalue weighted by Gasteiger charge is -2.14. The molecule has 4 rings (SSSR count). The molecule has 0 radical (unpaired) electrons. The number of amides is 2. The molecule has 0 spiro atoms. The van der Waals surface area contributed by atoms with E-state index < -0.39 is 0 Å². The molecule has 0 unspecified atom stereocenters. The normalized spacial score (nSPS) is 10.5. The second kappa shape index (κ2) is 9.82. The molecule has 0 atom stereocenters. The predicted molar refractivity (Wildman–Crippen MR) is 129 cm³/mol. The van der Waals surface area contributed by atoms with Gasteiger partial charge in [-0.3, -0.25) is 25.1 Å². The van der Waals surface area contributed by atoms with Gasteiger partial charge < -0.3 is 4.90 Å². The largest absolute Gasteiger partial charge is 0.378 e. The van der Waals surface area contributed by atoms with Crippen molar-refractivity contribution in [2.45, 2.75) is 6.54 Å². The number of hydrogen-bond acceptors (Lipinski definition) is 4. The van der Waals surface area contributed by atoms with E-state index in [-0.39, 0.29) is 11.8 Å². The average Bonchev–Trinajstić information content (AvgIpc) is 3.36. The van der Waals surface area contributed by atoms with Crippen molar-refractivity contribution in [3.63, 3.8) is 0 Å². The van der Waals surface area contributed by atoms with Crippen molar-refractivity contribution < 1.29 is 9.59 Å². The van der Waals surface area contributed by atoms with Gasteiger partial charge in [-0.05, 0) is 47.0 Å². The first-order valence-corrected chi connectivity index (χ1v) is 10.5. The van der Waals surface area contributed by atoms with Crippen molar-refractivity contribution in [2.24, 2.45) is 0 Å². The number of nitrogens with one attached hydrogen (secondary N) is 2. The fraction of sp³-hybridized carbons (Fsp3) is 0.115. The van der Waals surface area contributed by atoms with Crippen LogP contribution in [0.1, 0.15) is 26.3 Å². The second-order valence-corrected chi connectivity index (χ2v) is 7.80. The summed E-state index contributed by atoms with van der Waals surface area (Å²) < 4.78 is 1.85. The van der Waals surface area contributed by atoms with Crippen molar-refractivity contribution in [2.75, 3.05) is 19.0 Å². The third kappa shape index (κ3) is 5.27. The molecule has 0 bridgehead atoms. The Morgan fingerprint density at radius 2 is 1.64 bits per heavy atom. The monoisotopic (exact) mass is 439 g/mol. The van der Waals surface area contributed by atoms with E-state index in [4.69, 9.17) is 0 Å². The molecule has 7 heteroatoms. The summed E-state index contributed by atoms with van der Waals surface area (Å²) in [4.78, 5) is 27.3. The highest BCUT2D eigenvalue weighted by Gasteiger charge is 2.14. The summed E-state index contributed by atoms with van der Waals surface area (Å²) in [5.74, 6) is -0.768. The van der Waals surface area contributed by atoms with Crippen LogP contribution in [-0.2, 0) is 6.54 Å². The lowest BCUT2D eigenvalue weighted by molar-refractivity contribution is 0.0847. The third-order valence-corrected chi connectivity index (χ3v) is 5.25. The Bertz CT molecular complexity index is 1250. The van der Waals surface area contributed by atoms with Gasteiger partial charge in [-0.25, -0.2) is 0 Å². The van der Waals surface area contributed by atoms with Gasteiger partial charge in [0.2, 0.25) is 0 Å². The van der Waals surface area contributed by atoms with Gasteiger partial charge in [-0.2, -0.15) is 5.10 Å². The van der Waals surface area contributed by atoms with Crippen LogP contribution in [0, 0.1) is 0 Å². The van der Waals surface area contributed by atoms with E-state index in [9.17, 15) is 9.59 Å². The highest BCUT2D eigenvalue weighted by molar-refractivity contribution is 6.03. The van der Waals surface area contributed by atoms with Gasteiger partial charge in [0.25, 0.3) is 11.8 Å². The SMILES string of the molecule is CN(C)c1cccc(C(=O)NNC(=O)c2ccccc2-c2ccc(Cn3cccn3)cc2)c1. The summed E-state index contributed by atoms with van der Waals surface area (Å²) in [5, 5.41) is 4.23. The van der Waals surface area contributed by atoms with Gasteiger partial charge in [-0.1, -0.05) is 48.5 Å². The maximum Gasteiger partial charge on any atom is 0.270 e. The Morgan fingerprint density at radius 3 is 2.36 bits per heavy atom. The van der Waals surface area contributed by atoms with Crippen LogP contribution in [0.5, 0.6) is 0 Å². The van der Waals surface area contributed by atoms with E-state index >= 15 is 0 Å². The standard InChI is InChI=1S/C26H25N5O2/c1-30(2)22-8-5-7-21(17-22)25(32)28-29-26(33)24-10-4-3-9-23(24)20-13-11-19(12-14-20)18-31-16-6-15-27-31/h3-17H,18H2,1-2H3,(H,28,32)(H,29,33). The summed E-state index contributed by atoms with van der Waals surface area (Å²) in [5.41, 5.74) is 9.68. The quantitative estimate of drug-likeness (QED) is 0.449. The van der Waals surface area contributed by atoms with Crippen LogP contribution < -0.4 is 15.8 Å². The average molecular weight is 440 g/mol. The predicted octanol–water partition coefficient (Wildman–Crippen LogP) is 3.74. The summed E-state index contributed by atoms with van der Waals surface area (Å²) >= 11 is 0. The number of benzene rings is 3. The van der Waals surface area contributed by atoms with Crippen LogP contribution in [0.2, 0.25) is 0 Å². The summed E-state index contributed by atoms with van der Waals surface area (Å²) in [6, 6.07) is 24.4. The minimum atomic E-state index is -0.386. The van der Waals surface area contributed by atoms with Crippen molar-refractivity contribution in [3.05, 3.63) is 108 Å². The maximum atomic E-state index is 12.9. The minimum Gasteiger partial charge on any atom is -0.378 e. The molecule has 7 nitrogen and oxygen atoms in total. The zero-order chi connectivity index (χ0) is 23.2. The number of aromatic nitrogens is 2. The molecular formula is C26H25N5O2. The Balaban J connectivity index is 1.46. The van der Waals surface area contributed by atoms with E-state index in [0.29, 0.717) is 17.7 Å². The van der Waals surface area contributed by atoms with Gasteiger partial charge >= 0.3 is 0 Å². The zero-order valence-electron chi connectivity index (χ0n) is 18.5. The molecule has 33 heavy (non-hydrogen) atoms. The molecule has 0 saturated carbocycles. The van der Waals surface area contributed by atoms with E-state index in [0.717, 1.165) is 22.4 Å². The van der Waals surface area contributed by atoms with E-state index in [2.05, 4.69) is 16.0 Å². The lowest BCUT2D eigenvalue weighted by atomic mass is 9.98. The van der Waals surface area contributed by atoms with E-state index in [1.807, 2.05) is 78.4 Å². The van der Waals surface area contributed by atoms with Gasteiger partial charge in [0.15, 0.2) is 0 Å². The van der Waals surface area contributed by atoms with Crippen molar-refractivity contribution in [1.29, 1.82) is 0 Å². The number of carbonyl (C=O) groups excluding carboxylic acids is 2. The van der Waals surface area contributed by atoms with Crippen LogP contribution >= 0.6 is 0 Å². The fourth-order valence-corrected chi connectivity index (χ4v) is 3.48. The maximum absolute atomic E-state index is 12.9. The van der Waals surface area contributed by atoms with E-state index in [1.54, 1.807) is 36.5 Å². The zero-order valence-corrected chi connectivity index (χ0v) is 18.5. The fourth-order valence-electron chi connectivity index (χ4n) is 3.48. The first kappa shape index (κ1) is 21.8.